The van der Waals surface area contributed by atoms with Gasteiger partial charge < -0.3 is 10.1 Å². The number of aryl methyl sites for hydroxylation is 2. The minimum atomic E-state index is -1.82. The standard InChI is InChI=1S/C16H12F4INO2/c1-6-4-8(5-7(2)14(6)21)22-16(23)9-10(17)12(19)15(24-3)13(20)11(9)18/h4-5H,1-3H3,(H,22,23). The van der Waals surface area contributed by atoms with Crippen LogP contribution >= 0.6 is 22.6 Å². The number of nitrogens with one attached hydrogen (secondary N) is 1. The Balaban J connectivity index is 2.48. The Hall–Kier alpha value is -1.84. The second-order valence-electron chi connectivity index (χ2n) is 5.04. The van der Waals surface area contributed by atoms with Gasteiger partial charge in [-0.3, -0.25) is 4.79 Å². The molecule has 0 fully saturated rings. The van der Waals surface area contributed by atoms with Crippen LogP contribution in [0.25, 0.3) is 0 Å². The zero-order valence-electron chi connectivity index (χ0n) is 12.9. The zero-order valence-corrected chi connectivity index (χ0v) is 15.0. The Morgan fingerprint density at radius 3 is 1.88 bits per heavy atom. The fourth-order valence-corrected chi connectivity index (χ4v) is 2.51. The normalized spacial score (nSPS) is 10.7. The molecule has 0 aliphatic carbocycles. The highest BCUT2D eigenvalue weighted by Gasteiger charge is 2.30. The number of hydrogen-bond acceptors (Lipinski definition) is 2. The highest BCUT2D eigenvalue weighted by atomic mass is 127. The van der Waals surface area contributed by atoms with E-state index in [9.17, 15) is 22.4 Å². The van der Waals surface area contributed by atoms with Gasteiger partial charge in [-0.15, -0.1) is 0 Å². The molecule has 2 rings (SSSR count). The summed E-state index contributed by atoms with van der Waals surface area (Å²) in [5.41, 5.74) is 0.573. The van der Waals surface area contributed by atoms with Crippen LogP contribution in [0.3, 0.4) is 0 Å². The van der Waals surface area contributed by atoms with Crippen LogP contribution in [-0.4, -0.2) is 13.0 Å². The molecular weight excluding hydrogens is 441 g/mol. The molecular formula is C16H12F4INO2. The van der Waals surface area contributed by atoms with Crippen LogP contribution in [0.4, 0.5) is 23.2 Å². The fraction of sp³-hybridized carbons (Fsp3) is 0.188. The molecule has 0 bridgehead atoms. The van der Waals surface area contributed by atoms with E-state index in [4.69, 9.17) is 0 Å². The van der Waals surface area contributed by atoms with Crippen molar-refractivity contribution in [2.75, 3.05) is 12.4 Å². The second kappa shape index (κ2) is 6.96. The van der Waals surface area contributed by atoms with E-state index in [2.05, 4.69) is 32.6 Å². The zero-order chi connectivity index (χ0) is 18.2. The van der Waals surface area contributed by atoms with E-state index in [-0.39, 0.29) is 5.69 Å². The molecule has 3 nitrogen and oxygen atoms in total. The van der Waals surface area contributed by atoms with Gasteiger partial charge >= 0.3 is 0 Å². The Bertz CT molecular complexity index is 787. The van der Waals surface area contributed by atoms with Crippen molar-refractivity contribution >= 4 is 34.2 Å². The third-order valence-corrected chi connectivity index (χ3v) is 5.05. The van der Waals surface area contributed by atoms with Crippen molar-refractivity contribution < 1.29 is 27.1 Å². The molecule has 0 saturated heterocycles. The maximum Gasteiger partial charge on any atom is 0.261 e. The molecule has 24 heavy (non-hydrogen) atoms. The lowest BCUT2D eigenvalue weighted by atomic mass is 10.1. The lowest BCUT2D eigenvalue weighted by molar-refractivity contribution is 0.101. The van der Waals surface area contributed by atoms with Crippen LogP contribution in [0.5, 0.6) is 5.75 Å². The lowest BCUT2D eigenvalue weighted by Crippen LogP contribution is -2.19. The van der Waals surface area contributed by atoms with Crippen molar-refractivity contribution in [2.24, 2.45) is 0 Å². The molecule has 0 atom stereocenters. The molecule has 1 amide bonds. The molecule has 0 unspecified atom stereocenters. The van der Waals surface area contributed by atoms with Gasteiger partial charge in [-0.05, 0) is 59.7 Å². The highest BCUT2D eigenvalue weighted by Crippen LogP contribution is 2.30. The van der Waals surface area contributed by atoms with Crippen LogP contribution in [0.15, 0.2) is 12.1 Å². The number of rotatable bonds is 3. The predicted molar refractivity (Wildman–Crippen MR) is 89.4 cm³/mol. The molecule has 8 heteroatoms. The van der Waals surface area contributed by atoms with Gasteiger partial charge in [-0.25, -0.2) is 8.78 Å². The third-order valence-electron chi connectivity index (χ3n) is 3.35. The van der Waals surface area contributed by atoms with E-state index in [1.54, 1.807) is 26.0 Å². The van der Waals surface area contributed by atoms with Crippen molar-refractivity contribution in [3.8, 4) is 5.75 Å². The van der Waals surface area contributed by atoms with Gasteiger partial charge in [-0.1, -0.05) is 0 Å². The number of ether oxygens (including phenoxy) is 1. The van der Waals surface area contributed by atoms with Crippen LogP contribution < -0.4 is 10.1 Å². The molecule has 2 aromatic carbocycles. The van der Waals surface area contributed by atoms with Crippen LogP contribution in [0, 0.1) is 40.7 Å². The quantitative estimate of drug-likeness (QED) is 0.415. The molecule has 0 aliphatic rings. The number of benzene rings is 2. The van der Waals surface area contributed by atoms with E-state index in [0.29, 0.717) is 0 Å². The van der Waals surface area contributed by atoms with E-state index < -0.39 is 40.5 Å². The summed E-state index contributed by atoms with van der Waals surface area (Å²) in [6.07, 6.45) is 0. The molecule has 0 heterocycles. The second-order valence-corrected chi connectivity index (χ2v) is 6.12. The fourth-order valence-electron chi connectivity index (χ4n) is 2.20. The predicted octanol–water partition coefficient (Wildman–Crippen LogP) is 4.73. The molecule has 0 radical (unpaired) electrons. The van der Waals surface area contributed by atoms with E-state index >= 15 is 0 Å². The maximum atomic E-state index is 13.9. The first-order valence-electron chi connectivity index (χ1n) is 6.67. The smallest absolute Gasteiger partial charge is 0.261 e. The van der Waals surface area contributed by atoms with Crippen molar-refractivity contribution in [3.63, 3.8) is 0 Å². The van der Waals surface area contributed by atoms with Gasteiger partial charge in [0.1, 0.15) is 5.56 Å². The largest absolute Gasteiger partial charge is 0.491 e. The maximum absolute atomic E-state index is 13.9. The Morgan fingerprint density at radius 1 is 1.00 bits per heavy atom. The van der Waals surface area contributed by atoms with E-state index in [1.807, 2.05) is 0 Å². The number of anilines is 1. The number of carbonyl (C=O) groups is 1. The Kier molecular flexibility index (Phi) is 5.36. The number of methoxy groups -OCH3 is 1. The topological polar surface area (TPSA) is 38.3 Å². The molecule has 2 aromatic rings. The first-order valence-corrected chi connectivity index (χ1v) is 7.74. The SMILES string of the molecule is COc1c(F)c(F)c(C(=O)Nc2cc(C)c(I)c(C)c2)c(F)c1F. The Morgan fingerprint density at radius 2 is 1.46 bits per heavy atom. The van der Waals surface area contributed by atoms with E-state index in [0.717, 1.165) is 21.8 Å². The van der Waals surface area contributed by atoms with Crippen LogP contribution in [-0.2, 0) is 0 Å². The average molecular weight is 453 g/mol. The minimum absolute atomic E-state index is 0.255. The number of carbonyl (C=O) groups excluding carboxylic acids is 1. The van der Waals surface area contributed by atoms with Crippen molar-refractivity contribution in [3.05, 3.63) is 55.7 Å². The molecule has 0 saturated carbocycles. The molecule has 0 spiro atoms. The number of halogens is 5. The van der Waals surface area contributed by atoms with Gasteiger partial charge in [0, 0.05) is 9.26 Å². The van der Waals surface area contributed by atoms with Gasteiger partial charge in [0.05, 0.1) is 7.11 Å². The van der Waals surface area contributed by atoms with E-state index in [1.165, 1.54) is 0 Å². The van der Waals surface area contributed by atoms with Gasteiger partial charge in [-0.2, -0.15) is 8.78 Å². The molecule has 1 N–H and O–H groups in total. The monoisotopic (exact) mass is 453 g/mol. The molecule has 0 aliphatic heterocycles. The molecule has 0 aromatic heterocycles. The average Bonchev–Trinajstić information content (AvgIpc) is 2.51. The summed E-state index contributed by atoms with van der Waals surface area (Å²) in [6, 6.07) is 3.16. The first-order chi connectivity index (χ1) is 11.2. The summed E-state index contributed by atoms with van der Waals surface area (Å²) < 4.78 is 60.5. The van der Waals surface area contributed by atoms with Gasteiger partial charge in [0.2, 0.25) is 11.6 Å². The summed E-state index contributed by atoms with van der Waals surface area (Å²) in [6.45, 7) is 3.58. The first kappa shape index (κ1) is 18.5. The summed E-state index contributed by atoms with van der Waals surface area (Å²) in [7, 11) is 0.858. The van der Waals surface area contributed by atoms with Crippen LogP contribution in [0.2, 0.25) is 0 Å². The van der Waals surface area contributed by atoms with Crippen molar-refractivity contribution in [2.45, 2.75) is 13.8 Å². The van der Waals surface area contributed by atoms with Crippen molar-refractivity contribution in [1.29, 1.82) is 0 Å². The summed E-state index contributed by atoms with van der Waals surface area (Å²) in [5.74, 6) is -9.69. The Labute approximate surface area is 149 Å². The summed E-state index contributed by atoms with van der Waals surface area (Å²) in [5, 5.41) is 2.24. The van der Waals surface area contributed by atoms with Crippen molar-refractivity contribution in [1.82, 2.24) is 0 Å². The summed E-state index contributed by atoms with van der Waals surface area (Å²) in [4.78, 5) is 12.1. The van der Waals surface area contributed by atoms with Gasteiger partial charge in [0.25, 0.3) is 5.91 Å². The highest BCUT2D eigenvalue weighted by molar-refractivity contribution is 14.1. The number of hydrogen-bond donors (Lipinski definition) is 1. The third kappa shape index (κ3) is 3.19. The lowest BCUT2D eigenvalue weighted by Gasteiger charge is -2.13. The molecule has 128 valence electrons. The van der Waals surface area contributed by atoms with Crippen LogP contribution in [0.1, 0.15) is 21.5 Å². The van der Waals surface area contributed by atoms with Gasteiger partial charge in [0.15, 0.2) is 17.4 Å². The number of amides is 1. The minimum Gasteiger partial charge on any atom is -0.491 e. The summed E-state index contributed by atoms with van der Waals surface area (Å²) >= 11 is 2.11.